The lowest BCUT2D eigenvalue weighted by Gasteiger charge is -2.36. The zero-order valence-corrected chi connectivity index (χ0v) is 12.2. The minimum atomic E-state index is -1.18. The zero-order chi connectivity index (χ0) is 15.3. The van der Waals surface area contributed by atoms with Gasteiger partial charge in [0.15, 0.2) is 0 Å². The van der Waals surface area contributed by atoms with Crippen molar-refractivity contribution in [1.82, 2.24) is 5.32 Å². The number of allylic oxidation sites excluding steroid dienone is 1. The highest BCUT2D eigenvalue weighted by Gasteiger charge is 2.37. The summed E-state index contributed by atoms with van der Waals surface area (Å²) in [7, 11) is 0. The smallest absolute Gasteiger partial charge is 0.220 e. The van der Waals surface area contributed by atoms with E-state index in [2.05, 4.69) is 5.32 Å². The zero-order valence-electron chi connectivity index (χ0n) is 12.2. The lowest BCUT2D eigenvalue weighted by Crippen LogP contribution is -2.50. The molecular formula is C14H25NO5. The van der Waals surface area contributed by atoms with E-state index in [1.165, 1.54) is 0 Å². The summed E-state index contributed by atoms with van der Waals surface area (Å²) in [6.07, 6.45) is -1.04. The highest BCUT2D eigenvalue weighted by atomic mass is 16.5. The van der Waals surface area contributed by atoms with Crippen LogP contribution in [0.5, 0.6) is 0 Å². The summed E-state index contributed by atoms with van der Waals surface area (Å²) in [5.74, 6) is 0.0176. The highest BCUT2D eigenvalue weighted by Crippen LogP contribution is 2.26. The Balaban J connectivity index is 2.53. The van der Waals surface area contributed by atoms with Gasteiger partial charge in [0, 0.05) is 18.9 Å². The average molecular weight is 287 g/mol. The Hall–Kier alpha value is -1.11. The quantitative estimate of drug-likeness (QED) is 0.548. The van der Waals surface area contributed by atoms with Crippen molar-refractivity contribution in [3.05, 3.63) is 11.8 Å². The van der Waals surface area contributed by atoms with Crippen molar-refractivity contribution in [2.24, 2.45) is 5.92 Å². The van der Waals surface area contributed by atoms with E-state index in [4.69, 9.17) is 4.74 Å². The molecule has 0 aromatic carbocycles. The first-order valence-corrected chi connectivity index (χ1v) is 7.02. The molecule has 1 heterocycles. The van der Waals surface area contributed by atoms with E-state index in [1.807, 2.05) is 6.92 Å². The van der Waals surface area contributed by atoms with E-state index in [0.717, 1.165) is 6.42 Å². The van der Waals surface area contributed by atoms with Crippen LogP contribution in [-0.4, -0.2) is 52.2 Å². The van der Waals surface area contributed by atoms with Crippen molar-refractivity contribution < 1.29 is 24.9 Å². The number of rotatable bonds is 6. The molecule has 2 unspecified atom stereocenters. The fourth-order valence-corrected chi connectivity index (χ4v) is 2.20. The number of amides is 1. The molecule has 116 valence electrons. The lowest BCUT2D eigenvalue weighted by atomic mass is 9.89. The van der Waals surface area contributed by atoms with Crippen LogP contribution in [0.15, 0.2) is 11.8 Å². The molecular weight excluding hydrogens is 262 g/mol. The molecule has 4 N–H and O–H groups in total. The monoisotopic (exact) mass is 287 g/mol. The Morgan fingerprint density at radius 3 is 2.75 bits per heavy atom. The number of ether oxygens (including phenoxy) is 1. The van der Waals surface area contributed by atoms with Gasteiger partial charge in [-0.25, -0.2) is 0 Å². The second-order valence-corrected chi connectivity index (χ2v) is 5.32. The normalized spacial score (nSPS) is 29.1. The van der Waals surface area contributed by atoms with Gasteiger partial charge in [0.1, 0.15) is 18.3 Å². The SMILES string of the molecule is CCCC(=O)NC[C@H](O)[C@H](O)C1OC(C)=CC(O)[C@H]1C. The summed E-state index contributed by atoms with van der Waals surface area (Å²) >= 11 is 0. The molecule has 0 aromatic rings. The topological polar surface area (TPSA) is 99.0 Å². The Labute approximate surface area is 119 Å². The number of carbonyl (C=O) groups excluding carboxylic acids is 1. The van der Waals surface area contributed by atoms with Crippen LogP contribution in [0.1, 0.15) is 33.6 Å². The van der Waals surface area contributed by atoms with E-state index < -0.39 is 24.4 Å². The van der Waals surface area contributed by atoms with Crippen molar-refractivity contribution in [3.8, 4) is 0 Å². The number of aliphatic hydroxyl groups is 3. The Bertz CT molecular complexity index is 357. The second-order valence-electron chi connectivity index (χ2n) is 5.32. The van der Waals surface area contributed by atoms with Crippen LogP contribution in [0.4, 0.5) is 0 Å². The van der Waals surface area contributed by atoms with Crippen molar-refractivity contribution in [3.63, 3.8) is 0 Å². The lowest BCUT2D eigenvalue weighted by molar-refractivity contribution is -0.126. The van der Waals surface area contributed by atoms with E-state index in [1.54, 1.807) is 19.9 Å². The summed E-state index contributed by atoms with van der Waals surface area (Å²) in [5, 5.41) is 32.4. The molecule has 1 aliphatic heterocycles. The molecule has 6 heteroatoms. The molecule has 0 aliphatic carbocycles. The predicted molar refractivity (Wildman–Crippen MR) is 73.7 cm³/mol. The number of hydrogen-bond donors (Lipinski definition) is 4. The van der Waals surface area contributed by atoms with Gasteiger partial charge in [0.05, 0.1) is 11.9 Å². The maximum atomic E-state index is 11.3. The molecule has 20 heavy (non-hydrogen) atoms. The first-order valence-electron chi connectivity index (χ1n) is 7.02. The summed E-state index contributed by atoms with van der Waals surface area (Å²) in [5.41, 5.74) is 0. The minimum Gasteiger partial charge on any atom is -0.492 e. The molecule has 0 saturated carbocycles. The van der Waals surface area contributed by atoms with E-state index in [9.17, 15) is 20.1 Å². The average Bonchev–Trinajstić information content (AvgIpc) is 2.39. The van der Waals surface area contributed by atoms with Crippen molar-refractivity contribution in [1.29, 1.82) is 0 Å². The maximum absolute atomic E-state index is 11.3. The molecule has 1 aliphatic rings. The van der Waals surface area contributed by atoms with E-state index in [-0.39, 0.29) is 18.4 Å². The molecule has 6 nitrogen and oxygen atoms in total. The van der Waals surface area contributed by atoms with Gasteiger partial charge in [-0.1, -0.05) is 13.8 Å². The number of carbonyl (C=O) groups is 1. The van der Waals surface area contributed by atoms with Gasteiger partial charge in [-0.05, 0) is 19.4 Å². The third kappa shape index (κ3) is 4.47. The maximum Gasteiger partial charge on any atom is 0.220 e. The number of hydrogen-bond acceptors (Lipinski definition) is 5. The van der Waals surface area contributed by atoms with Gasteiger partial charge in [-0.2, -0.15) is 0 Å². The molecule has 0 radical (unpaired) electrons. The predicted octanol–water partition coefficient (Wildman–Crippen LogP) is -0.0759. The third-order valence-corrected chi connectivity index (χ3v) is 3.50. The van der Waals surface area contributed by atoms with Gasteiger partial charge in [-0.3, -0.25) is 4.79 Å². The van der Waals surface area contributed by atoms with Gasteiger partial charge in [-0.15, -0.1) is 0 Å². The fraction of sp³-hybridized carbons (Fsp3) is 0.786. The number of aliphatic hydroxyl groups excluding tert-OH is 3. The van der Waals surface area contributed by atoms with Crippen LogP contribution in [0.25, 0.3) is 0 Å². The molecule has 0 aromatic heterocycles. The van der Waals surface area contributed by atoms with Crippen molar-refractivity contribution in [2.75, 3.05) is 6.54 Å². The van der Waals surface area contributed by atoms with Crippen LogP contribution in [0.3, 0.4) is 0 Å². The van der Waals surface area contributed by atoms with Gasteiger partial charge >= 0.3 is 0 Å². The largest absolute Gasteiger partial charge is 0.492 e. The minimum absolute atomic E-state index is 0.0363. The van der Waals surface area contributed by atoms with Crippen LogP contribution in [-0.2, 0) is 9.53 Å². The number of nitrogens with one attached hydrogen (secondary N) is 1. The van der Waals surface area contributed by atoms with Crippen molar-refractivity contribution >= 4 is 5.91 Å². The van der Waals surface area contributed by atoms with Crippen LogP contribution in [0.2, 0.25) is 0 Å². The molecule has 0 spiro atoms. The Morgan fingerprint density at radius 1 is 1.50 bits per heavy atom. The Kier molecular flexibility index (Phi) is 6.45. The fourth-order valence-electron chi connectivity index (χ4n) is 2.20. The molecule has 5 atom stereocenters. The van der Waals surface area contributed by atoms with Crippen LogP contribution >= 0.6 is 0 Å². The molecule has 1 rings (SSSR count). The van der Waals surface area contributed by atoms with E-state index >= 15 is 0 Å². The summed E-state index contributed by atoms with van der Waals surface area (Å²) in [6.45, 7) is 5.28. The van der Waals surface area contributed by atoms with Gasteiger partial charge in [0.25, 0.3) is 0 Å². The molecule has 0 bridgehead atoms. The summed E-state index contributed by atoms with van der Waals surface area (Å²) < 4.78 is 5.48. The third-order valence-electron chi connectivity index (χ3n) is 3.50. The van der Waals surface area contributed by atoms with Gasteiger partial charge < -0.3 is 25.4 Å². The molecule has 0 saturated heterocycles. The van der Waals surface area contributed by atoms with Gasteiger partial charge in [0.2, 0.25) is 5.91 Å². The summed E-state index contributed by atoms with van der Waals surface area (Å²) in [6, 6.07) is 0. The first kappa shape index (κ1) is 16.9. The standard InChI is InChI=1S/C14H25NO5/c1-4-5-12(18)15-7-11(17)13(19)14-9(3)10(16)6-8(2)20-14/h6,9-11,13-14,16-17,19H,4-5,7H2,1-3H3,(H,15,18)/t9-,10?,11+,13+,14?/m1/s1. The van der Waals surface area contributed by atoms with Crippen LogP contribution in [0, 0.1) is 5.92 Å². The van der Waals surface area contributed by atoms with Crippen LogP contribution < -0.4 is 5.32 Å². The Morgan fingerprint density at radius 2 is 2.15 bits per heavy atom. The summed E-state index contributed by atoms with van der Waals surface area (Å²) in [4.78, 5) is 11.3. The highest BCUT2D eigenvalue weighted by molar-refractivity contribution is 5.75. The molecule has 0 fully saturated rings. The van der Waals surface area contributed by atoms with E-state index in [0.29, 0.717) is 12.2 Å². The van der Waals surface area contributed by atoms with Crippen molar-refractivity contribution in [2.45, 2.75) is 58.0 Å². The second kappa shape index (κ2) is 7.61. The molecule has 1 amide bonds. The first-order chi connectivity index (χ1) is 9.36.